The standard InChI is InChI=1S/C20H23N5O2/c1-4-22-20(27)25-19-23-11-15-8-14(13-6-5-7-21-10-13)9-16(17(15)24-19)18(26)12(2)3/h5-10,12H,4,11H2,1-3H3,(H3,22,23,24,25,27). The summed E-state index contributed by atoms with van der Waals surface area (Å²) in [7, 11) is 0. The number of nitrogens with zero attached hydrogens (tertiary/aromatic N) is 2. The van der Waals surface area contributed by atoms with Crippen molar-refractivity contribution < 1.29 is 9.59 Å². The number of pyridine rings is 1. The van der Waals surface area contributed by atoms with Crippen LogP contribution in [0.25, 0.3) is 11.1 Å². The number of hydrogen-bond acceptors (Lipinski definition) is 5. The van der Waals surface area contributed by atoms with E-state index in [1.54, 1.807) is 12.4 Å². The molecule has 140 valence electrons. The largest absolute Gasteiger partial charge is 0.338 e. The first-order chi connectivity index (χ1) is 13.0. The number of urea groups is 1. The molecule has 2 heterocycles. The highest BCUT2D eigenvalue weighted by Crippen LogP contribution is 2.32. The summed E-state index contributed by atoms with van der Waals surface area (Å²) in [4.78, 5) is 33.2. The van der Waals surface area contributed by atoms with Gasteiger partial charge in [-0.05, 0) is 36.2 Å². The minimum absolute atomic E-state index is 0.0313. The van der Waals surface area contributed by atoms with E-state index >= 15 is 0 Å². The number of rotatable bonds is 4. The van der Waals surface area contributed by atoms with E-state index in [1.807, 2.05) is 45.0 Å². The zero-order valence-electron chi connectivity index (χ0n) is 15.7. The molecule has 1 aromatic heterocycles. The second kappa shape index (κ2) is 7.99. The number of anilines is 1. The van der Waals surface area contributed by atoms with Crippen molar-refractivity contribution in [3.05, 3.63) is 47.8 Å². The number of ketones is 1. The Kier molecular flexibility index (Phi) is 5.49. The Morgan fingerprint density at radius 2 is 2.07 bits per heavy atom. The summed E-state index contributed by atoms with van der Waals surface area (Å²) >= 11 is 0. The molecule has 3 N–H and O–H groups in total. The molecule has 0 fully saturated rings. The van der Waals surface area contributed by atoms with E-state index < -0.39 is 0 Å². The van der Waals surface area contributed by atoms with Crippen LogP contribution in [0.5, 0.6) is 0 Å². The van der Waals surface area contributed by atoms with Crippen LogP contribution < -0.4 is 16.0 Å². The molecule has 2 amide bonds. The van der Waals surface area contributed by atoms with Gasteiger partial charge in [-0.15, -0.1) is 0 Å². The molecule has 0 bridgehead atoms. The molecule has 2 aromatic rings. The molecule has 0 saturated heterocycles. The molecule has 7 heteroatoms. The Hall–Kier alpha value is -3.22. The Morgan fingerprint density at radius 3 is 2.74 bits per heavy atom. The van der Waals surface area contributed by atoms with Crippen molar-refractivity contribution in [1.29, 1.82) is 0 Å². The van der Waals surface area contributed by atoms with Gasteiger partial charge in [0.1, 0.15) is 0 Å². The third-order valence-corrected chi connectivity index (χ3v) is 4.22. The van der Waals surface area contributed by atoms with Gasteiger partial charge in [-0.1, -0.05) is 19.9 Å². The van der Waals surface area contributed by atoms with Crippen LogP contribution >= 0.6 is 0 Å². The van der Waals surface area contributed by atoms with Crippen molar-refractivity contribution >= 4 is 23.5 Å². The first kappa shape index (κ1) is 18.6. The lowest BCUT2D eigenvalue weighted by atomic mass is 9.92. The van der Waals surface area contributed by atoms with Gasteiger partial charge in [-0.2, -0.15) is 0 Å². The van der Waals surface area contributed by atoms with Crippen molar-refractivity contribution in [2.45, 2.75) is 27.3 Å². The molecule has 0 saturated carbocycles. The van der Waals surface area contributed by atoms with Crippen LogP contribution in [0.3, 0.4) is 0 Å². The monoisotopic (exact) mass is 365 g/mol. The Bertz CT molecular complexity index is 891. The lowest BCUT2D eigenvalue weighted by molar-refractivity contribution is 0.0940. The fraction of sp³-hybridized carbons (Fsp3) is 0.300. The van der Waals surface area contributed by atoms with Crippen molar-refractivity contribution in [2.75, 3.05) is 11.9 Å². The number of benzene rings is 1. The van der Waals surface area contributed by atoms with Crippen molar-refractivity contribution in [3.8, 4) is 11.1 Å². The summed E-state index contributed by atoms with van der Waals surface area (Å²) in [5.74, 6) is 0.211. The minimum Gasteiger partial charge on any atom is -0.338 e. The average molecular weight is 365 g/mol. The smallest absolute Gasteiger partial charge is 0.321 e. The van der Waals surface area contributed by atoms with Crippen LogP contribution in [0.15, 0.2) is 41.7 Å². The predicted octanol–water partition coefficient (Wildman–Crippen LogP) is 3.19. The highest BCUT2D eigenvalue weighted by atomic mass is 16.2. The fourth-order valence-electron chi connectivity index (χ4n) is 2.89. The number of guanidine groups is 1. The first-order valence-electron chi connectivity index (χ1n) is 8.97. The van der Waals surface area contributed by atoms with E-state index in [-0.39, 0.29) is 17.7 Å². The average Bonchev–Trinajstić information content (AvgIpc) is 2.67. The Balaban J connectivity index is 2.00. The first-order valence-corrected chi connectivity index (χ1v) is 8.97. The molecule has 1 aromatic carbocycles. The summed E-state index contributed by atoms with van der Waals surface area (Å²) in [5, 5.41) is 8.44. The van der Waals surface area contributed by atoms with Crippen LogP contribution in [0.1, 0.15) is 36.7 Å². The Morgan fingerprint density at radius 1 is 1.26 bits per heavy atom. The van der Waals surface area contributed by atoms with Crippen LogP contribution in [0, 0.1) is 5.92 Å². The number of aliphatic imine (C=N–C) groups is 1. The van der Waals surface area contributed by atoms with Crippen molar-refractivity contribution in [1.82, 2.24) is 15.6 Å². The zero-order valence-corrected chi connectivity index (χ0v) is 15.7. The van der Waals surface area contributed by atoms with Gasteiger partial charge < -0.3 is 10.6 Å². The maximum atomic E-state index is 12.8. The molecule has 1 aliphatic heterocycles. The van der Waals surface area contributed by atoms with Gasteiger partial charge in [0, 0.05) is 36.0 Å². The fourth-order valence-corrected chi connectivity index (χ4v) is 2.89. The zero-order chi connectivity index (χ0) is 19.4. The predicted molar refractivity (Wildman–Crippen MR) is 106 cm³/mol. The molecular weight excluding hydrogens is 342 g/mol. The molecule has 0 atom stereocenters. The molecule has 0 aliphatic carbocycles. The summed E-state index contributed by atoms with van der Waals surface area (Å²) < 4.78 is 0. The summed E-state index contributed by atoms with van der Waals surface area (Å²) in [5.41, 5.74) is 4.05. The number of amides is 2. The number of carbonyl (C=O) groups excluding carboxylic acids is 2. The maximum absolute atomic E-state index is 12.8. The van der Waals surface area contributed by atoms with Crippen LogP contribution in [0.4, 0.5) is 10.5 Å². The van der Waals surface area contributed by atoms with Gasteiger partial charge in [0.25, 0.3) is 0 Å². The number of fused-ring (bicyclic) bond motifs is 1. The lowest BCUT2D eigenvalue weighted by Gasteiger charge is -2.23. The third kappa shape index (κ3) is 4.13. The van der Waals surface area contributed by atoms with Crippen LogP contribution in [-0.4, -0.2) is 29.3 Å². The third-order valence-electron chi connectivity index (χ3n) is 4.22. The highest BCUT2D eigenvalue weighted by Gasteiger charge is 2.23. The van der Waals surface area contributed by atoms with Crippen molar-refractivity contribution in [2.24, 2.45) is 10.9 Å². The van der Waals surface area contributed by atoms with Gasteiger partial charge in [-0.25, -0.2) is 9.79 Å². The summed E-state index contributed by atoms with van der Waals surface area (Å²) in [6, 6.07) is 7.36. The topological polar surface area (TPSA) is 95.5 Å². The number of aromatic nitrogens is 1. The maximum Gasteiger partial charge on any atom is 0.321 e. The number of carbonyl (C=O) groups is 2. The lowest BCUT2D eigenvalue weighted by Crippen LogP contribution is -2.43. The quantitative estimate of drug-likeness (QED) is 0.725. The van der Waals surface area contributed by atoms with Gasteiger partial charge in [-0.3, -0.25) is 15.1 Å². The van der Waals surface area contributed by atoms with Crippen LogP contribution in [0.2, 0.25) is 0 Å². The van der Waals surface area contributed by atoms with Gasteiger partial charge in [0.05, 0.1) is 12.2 Å². The van der Waals surface area contributed by atoms with E-state index in [9.17, 15) is 9.59 Å². The molecule has 27 heavy (non-hydrogen) atoms. The van der Waals surface area contributed by atoms with Gasteiger partial charge in [0.2, 0.25) is 5.96 Å². The normalized spacial score (nSPS) is 12.7. The van der Waals surface area contributed by atoms with E-state index in [0.717, 1.165) is 16.7 Å². The molecule has 0 unspecified atom stereocenters. The van der Waals surface area contributed by atoms with E-state index in [1.165, 1.54) is 0 Å². The Labute approximate surface area is 158 Å². The second-order valence-electron chi connectivity index (χ2n) is 6.59. The van der Waals surface area contributed by atoms with Crippen molar-refractivity contribution in [3.63, 3.8) is 0 Å². The number of Topliss-reactive ketones (excluding diaryl/α,β-unsaturated/α-hetero) is 1. The molecule has 7 nitrogen and oxygen atoms in total. The number of hydrogen-bond donors (Lipinski definition) is 3. The van der Waals surface area contributed by atoms with Crippen LogP contribution in [-0.2, 0) is 6.54 Å². The summed E-state index contributed by atoms with van der Waals surface area (Å²) in [6.07, 6.45) is 3.49. The second-order valence-corrected chi connectivity index (χ2v) is 6.59. The number of nitrogens with one attached hydrogen (secondary N) is 3. The van der Waals surface area contributed by atoms with E-state index in [2.05, 4.69) is 25.9 Å². The SMILES string of the molecule is CCNC(=O)NC1=NCc2cc(-c3cccnc3)cc(C(=O)C(C)C)c2N1. The summed E-state index contributed by atoms with van der Waals surface area (Å²) in [6.45, 7) is 6.47. The highest BCUT2D eigenvalue weighted by molar-refractivity contribution is 6.11. The van der Waals surface area contributed by atoms with Gasteiger partial charge in [0.15, 0.2) is 5.78 Å². The minimum atomic E-state index is -0.337. The molecule has 1 aliphatic rings. The molecule has 0 radical (unpaired) electrons. The molecular formula is C20H23N5O2. The van der Waals surface area contributed by atoms with Gasteiger partial charge >= 0.3 is 6.03 Å². The van der Waals surface area contributed by atoms with E-state index in [4.69, 9.17) is 0 Å². The van der Waals surface area contributed by atoms with E-state index in [0.29, 0.717) is 30.3 Å². The molecule has 3 rings (SSSR count). The molecule has 0 spiro atoms.